The third-order valence-corrected chi connectivity index (χ3v) is 3.68. The molecular formula is C19H20O3. The zero-order valence-corrected chi connectivity index (χ0v) is 12.8. The number of phenolic OH excluding ortho intramolecular Hbond substituents is 1. The van der Waals surface area contributed by atoms with Crippen LogP contribution in [0.3, 0.4) is 0 Å². The van der Waals surface area contributed by atoms with Crippen molar-refractivity contribution < 1.29 is 15.0 Å². The Hall–Kier alpha value is -2.55. The summed E-state index contributed by atoms with van der Waals surface area (Å²) in [5.74, 6) is -0.526. The molecule has 3 nitrogen and oxygen atoms in total. The number of hydrogen-bond donors (Lipinski definition) is 2. The van der Waals surface area contributed by atoms with Gasteiger partial charge >= 0.3 is 5.97 Å². The van der Waals surface area contributed by atoms with Gasteiger partial charge in [0.05, 0.1) is 5.56 Å². The smallest absolute Gasteiger partial charge is 0.335 e. The Morgan fingerprint density at radius 2 is 1.45 bits per heavy atom. The van der Waals surface area contributed by atoms with Gasteiger partial charge in [0.15, 0.2) is 0 Å². The average molecular weight is 296 g/mol. The van der Waals surface area contributed by atoms with E-state index in [1.807, 2.05) is 38.1 Å². The zero-order chi connectivity index (χ0) is 16.1. The minimum atomic E-state index is -0.922. The van der Waals surface area contributed by atoms with Gasteiger partial charge in [0, 0.05) is 0 Å². The molecule has 2 aromatic carbocycles. The van der Waals surface area contributed by atoms with E-state index < -0.39 is 5.97 Å². The van der Waals surface area contributed by atoms with E-state index in [4.69, 9.17) is 5.11 Å². The lowest BCUT2D eigenvalue weighted by atomic mass is 10.00. The number of carbonyl (C=O) groups is 1. The van der Waals surface area contributed by atoms with Gasteiger partial charge in [-0.2, -0.15) is 0 Å². The number of hydrogen-bond acceptors (Lipinski definition) is 2. The average Bonchev–Trinajstić information content (AvgIpc) is 2.54. The van der Waals surface area contributed by atoms with Gasteiger partial charge in [-0.1, -0.05) is 38.1 Å². The van der Waals surface area contributed by atoms with E-state index in [9.17, 15) is 9.90 Å². The largest absolute Gasteiger partial charge is 0.507 e. The lowest BCUT2D eigenvalue weighted by molar-refractivity contribution is 0.0697. The second kappa shape index (κ2) is 6.94. The third kappa shape index (κ3) is 3.55. The number of phenols is 1. The fourth-order valence-electron chi connectivity index (χ4n) is 2.35. The van der Waals surface area contributed by atoms with Crippen LogP contribution in [-0.4, -0.2) is 16.2 Å². The summed E-state index contributed by atoms with van der Waals surface area (Å²) < 4.78 is 0. The second-order valence-corrected chi connectivity index (χ2v) is 5.16. The van der Waals surface area contributed by atoms with Crippen LogP contribution in [0.25, 0.3) is 12.2 Å². The molecule has 22 heavy (non-hydrogen) atoms. The highest BCUT2D eigenvalue weighted by Crippen LogP contribution is 2.26. The van der Waals surface area contributed by atoms with Crippen LogP contribution >= 0.6 is 0 Å². The quantitative estimate of drug-likeness (QED) is 0.805. The first-order chi connectivity index (χ1) is 10.5. The molecule has 3 heteroatoms. The molecule has 0 fully saturated rings. The Bertz CT molecular complexity index is 672. The third-order valence-electron chi connectivity index (χ3n) is 3.68. The molecule has 0 heterocycles. The van der Waals surface area contributed by atoms with Crippen LogP contribution in [0.2, 0.25) is 0 Å². The SMILES string of the molecule is CCc1cc(/C=C/c2ccc(C(=O)O)cc2)cc(CC)c1O. The lowest BCUT2D eigenvalue weighted by Crippen LogP contribution is -1.94. The number of carboxylic acids is 1. The van der Waals surface area contributed by atoms with Crippen LogP contribution in [0, 0.1) is 0 Å². The fourth-order valence-corrected chi connectivity index (χ4v) is 2.35. The van der Waals surface area contributed by atoms with Crippen molar-refractivity contribution in [1.82, 2.24) is 0 Å². The van der Waals surface area contributed by atoms with Crippen molar-refractivity contribution in [3.8, 4) is 5.75 Å². The standard InChI is InChI=1S/C19H20O3/c1-3-15-11-14(12-16(4-2)18(15)20)6-5-13-7-9-17(10-8-13)19(21)22/h5-12,20H,3-4H2,1-2H3,(H,21,22)/b6-5+. The summed E-state index contributed by atoms with van der Waals surface area (Å²) in [5, 5.41) is 19.0. The van der Waals surface area contributed by atoms with Crippen molar-refractivity contribution in [2.75, 3.05) is 0 Å². The molecule has 0 aromatic heterocycles. The van der Waals surface area contributed by atoms with Gasteiger partial charge in [0.2, 0.25) is 0 Å². The van der Waals surface area contributed by atoms with E-state index in [-0.39, 0.29) is 5.56 Å². The summed E-state index contributed by atoms with van der Waals surface area (Å²) in [7, 11) is 0. The van der Waals surface area contributed by atoms with Gasteiger partial charge < -0.3 is 10.2 Å². The molecule has 2 rings (SSSR count). The Morgan fingerprint density at radius 1 is 0.955 bits per heavy atom. The predicted molar refractivity (Wildman–Crippen MR) is 89.2 cm³/mol. The number of aromatic carboxylic acids is 1. The molecule has 0 atom stereocenters. The number of carboxylic acid groups (broad SMARTS) is 1. The highest BCUT2D eigenvalue weighted by Gasteiger charge is 2.06. The normalized spacial score (nSPS) is 11.0. The lowest BCUT2D eigenvalue weighted by Gasteiger charge is -2.09. The molecule has 2 N–H and O–H groups in total. The molecule has 0 saturated carbocycles. The summed E-state index contributed by atoms with van der Waals surface area (Å²) in [6, 6.07) is 10.7. The van der Waals surface area contributed by atoms with Gasteiger partial charge in [-0.05, 0) is 59.4 Å². The van der Waals surface area contributed by atoms with Crippen molar-refractivity contribution >= 4 is 18.1 Å². The molecule has 114 valence electrons. The van der Waals surface area contributed by atoms with Crippen LogP contribution in [0.4, 0.5) is 0 Å². The van der Waals surface area contributed by atoms with Crippen LogP contribution in [0.1, 0.15) is 46.5 Å². The van der Waals surface area contributed by atoms with Crippen molar-refractivity contribution in [2.24, 2.45) is 0 Å². The van der Waals surface area contributed by atoms with E-state index in [2.05, 4.69) is 0 Å². The van der Waals surface area contributed by atoms with E-state index in [0.29, 0.717) is 5.75 Å². The van der Waals surface area contributed by atoms with Gasteiger partial charge in [-0.3, -0.25) is 0 Å². The highest BCUT2D eigenvalue weighted by atomic mass is 16.4. The summed E-state index contributed by atoms with van der Waals surface area (Å²) in [5.41, 5.74) is 4.15. The van der Waals surface area contributed by atoms with Gasteiger partial charge in [-0.25, -0.2) is 4.79 Å². The summed E-state index contributed by atoms with van der Waals surface area (Å²) >= 11 is 0. The fraction of sp³-hybridized carbons (Fsp3) is 0.211. The molecule has 0 aliphatic rings. The van der Waals surface area contributed by atoms with E-state index >= 15 is 0 Å². The first kappa shape index (κ1) is 15.8. The van der Waals surface area contributed by atoms with E-state index in [0.717, 1.165) is 35.1 Å². The molecular weight excluding hydrogens is 276 g/mol. The highest BCUT2D eigenvalue weighted by molar-refractivity contribution is 5.88. The van der Waals surface area contributed by atoms with Crippen LogP contribution < -0.4 is 0 Å². The number of rotatable bonds is 5. The zero-order valence-electron chi connectivity index (χ0n) is 12.8. The first-order valence-corrected chi connectivity index (χ1v) is 7.41. The molecule has 0 amide bonds. The Morgan fingerprint density at radius 3 is 1.91 bits per heavy atom. The Kier molecular flexibility index (Phi) is 4.99. The molecule has 0 radical (unpaired) electrons. The monoisotopic (exact) mass is 296 g/mol. The maximum absolute atomic E-state index is 10.8. The van der Waals surface area contributed by atoms with Crippen LogP contribution in [0.5, 0.6) is 5.75 Å². The van der Waals surface area contributed by atoms with Crippen molar-refractivity contribution in [2.45, 2.75) is 26.7 Å². The maximum atomic E-state index is 10.8. The second-order valence-electron chi connectivity index (χ2n) is 5.16. The van der Waals surface area contributed by atoms with Gasteiger partial charge in [-0.15, -0.1) is 0 Å². The van der Waals surface area contributed by atoms with Crippen LogP contribution in [-0.2, 0) is 12.8 Å². The minimum Gasteiger partial charge on any atom is -0.507 e. The Labute approximate surface area is 130 Å². The molecule has 2 aromatic rings. The van der Waals surface area contributed by atoms with Crippen molar-refractivity contribution in [1.29, 1.82) is 0 Å². The summed E-state index contributed by atoms with van der Waals surface area (Å²) in [6.45, 7) is 4.04. The van der Waals surface area contributed by atoms with Gasteiger partial charge in [0.25, 0.3) is 0 Å². The van der Waals surface area contributed by atoms with E-state index in [1.54, 1.807) is 24.3 Å². The molecule has 0 spiro atoms. The number of aromatic hydroxyl groups is 1. The van der Waals surface area contributed by atoms with E-state index in [1.165, 1.54) is 0 Å². The van der Waals surface area contributed by atoms with Gasteiger partial charge in [0.1, 0.15) is 5.75 Å². The minimum absolute atomic E-state index is 0.281. The predicted octanol–water partition coefficient (Wildman–Crippen LogP) is 4.39. The molecule has 0 unspecified atom stereocenters. The molecule has 0 bridgehead atoms. The Balaban J connectivity index is 2.27. The number of benzene rings is 2. The summed E-state index contributed by atoms with van der Waals surface area (Å²) in [6.07, 6.45) is 5.49. The maximum Gasteiger partial charge on any atom is 0.335 e. The molecule has 0 saturated heterocycles. The van der Waals surface area contributed by atoms with Crippen molar-refractivity contribution in [3.05, 3.63) is 64.2 Å². The molecule has 0 aliphatic carbocycles. The first-order valence-electron chi connectivity index (χ1n) is 7.41. The van der Waals surface area contributed by atoms with Crippen molar-refractivity contribution in [3.63, 3.8) is 0 Å². The van der Waals surface area contributed by atoms with Crippen LogP contribution in [0.15, 0.2) is 36.4 Å². The summed E-state index contributed by atoms with van der Waals surface area (Å²) in [4.78, 5) is 10.8. The molecule has 0 aliphatic heterocycles. The topological polar surface area (TPSA) is 57.5 Å². The number of aryl methyl sites for hydroxylation is 2.